The highest BCUT2D eigenvalue weighted by atomic mass is 79.9. The average Bonchev–Trinajstić information content (AvgIpc) is 3.32. The van der Waals surface area contributed by atoms with E-state index in [4.69, 9.17) is 4.52 Å². The molecule has 0 bridgehead atoms. The molecule has 0 saturated carbocycles. The number of benzene rings is 2. The van der Waals surface area contributed by atoms with Crippen molar-refractivity contribution in [2.45, 2.75) is 32.2 Å². The second-order valence-corrected chi connectivity index (χ2v) is 7.78. The van der Waals surface area contributed by atoms with Crippen molar-refractivity contribution < 1.29 is 13.7 Å². The first kappa shape index (κ1) is 18.8. The van der Waals surface area contributed by atoms with Gasteiger partial charge in [0.1, 0.15) is 5.82 Å². The second kappa shape index (κ2) is 7.83. The number of carbonyl (C=O) groups is 1. The quantitative estimate of drug-likeness (QED) is 0.572. The second-order valence-electron chi connectivity index (χ2n) is 6.93. The van der Waals surface area contributed by atoms with Crippen LogP contribution in [0.25, 0.3) is 11.4 Å². The molecule has 4 rings (SSSR count). The fourth-order valence-electron chi connectivity index (χ4n) is 3.34. The van der Waals surface area contributed by atoms with Crippen molar-refractivity contribution in [3.05, 3.63) is 69.8 Å². The normalized spacial score (nSPS) is 16.8. The first-order chi connectivity index (χ1) is 13.5. The molecule has 1 aliphatic heterocycles. The minimum atomic E-state index is -0.350. The lowest BCUT2D eigenvalue weighted by Crippen LogP contribution is -2.24. The summed E-state index contributed by atoms with van der Waals surface area (Å²) in [5.41, 5.74) is 3.04. The highest BCUT2D eigenvalue weighted by molar-refractivity contribution is 9.10. The highest BCUT2D eigenvalue weighted by Gasteiger charge is 2.34. The maximum Gasteiger partial charge on any atom is 0.232 e. The Labute approximate surface area is 170 Å². The molecule has 0 spiro atoms. The molecule has 0 N–H and O–H groups in total. The van der Waals surface area contributed by atoms with E-state index in [0.717, 1.165) is 12.0 Å². The molecule has 1 aliphatic rings. The summed E-state index contributed by atoms with van der Waals surface area (Å²) in [6.07, 6.45) is 1.34. The molecule has 5 nitrogen and oxygen atoms in total. The molecule has 1 amide bonds. The van der Waals surface area contributed by atoms with Gasteiger partial charge in [-0.1, -0.05) is 36.3 Å². The number of likely N-dealkylation sites (tertiary alicyclic amines) is 1. The third kappa shape index (κ3) is 3.85. The Balaban J connectivity index is 1.46. The molecule has 0 radical (unpaired) electrons. The Hall–Kier alpha value is -2.54. The van der Waals surface area contributed by atoms with Crippen LogP contribution in [-0.2, 0) is 17.8 Å². The monoisotopic (exact) mass is 443 g/mol. The van der Waals surface area contributed by atoms with Crippen LogP contribution in [0.5, 0.6) is 0 Å². The molecule has 1 aromatic heterocycles. The van der Waals surface area contributed by atoms with E-state index < -0.39 is 0 Å². The minimum absolute atomic E-state index is 0.0776. The zero-order valence-electron chi connectivity index (χ0n) is 15.4. The largest absolute Gasteiger partial charge is 0.339 e. The minimum Gasteiger partial charge on any atom is -0.339 e. The number of aryl methyl sites for hydroxylation is 1. The third-order valence-corrected chi connectivity index (χ3v) is 5.60. The summed E-state index contributed by atoms with van der Waals surface area (Å²) in [5.74, 6) is 0.419. The first-order valence-corrected chi connectivity index (χ1v) is 9.97. The molecule has 2 heterocycles. The van der Waals surface area contributed by atoms with Gasteiger partial charge in [-0.3, -0.25) is 4.79 Å². The molecular weight excluding hydrogens is 425 g/mol. The number of aromatic nitrogens is 2. The van der Waals surface area contributed by atoms with E-state index >= 15 is 0 Å². The molecule has 0 aliphatic carbocycles. The summed E-state index contributed by atoms with van der Waals surface area (Å²) in [5, 5.41) is 4.00. The summed E-state index contributed by atoms with van der Waals surface area (Å²) < 4.78 is 19.2. The number of halogens is 2. The Morgan fingerprint density at radius 3 is 2.68 bits per heavy atom. The van der Waals surface area contributed by atoms with E-state index in [-0.39, 0.29) is 17.6 Å². The number of nitrogens with zero attached hydrogens (tertiary/aromatic N) is 3. The Bertz CT molecular complexity index is 1000. The lowest BCUT2D eigenvalue weighted by atomic mass is 10.1. The van der Waals surface area contributed by atoms with Crippen LogP contribution in [0.1, 0.15) is 36.3 Å². The molecule has 144 valence electrons. The van der Waals surface area contributed by atoms with E-state index in [1.54, 1.807) is 12.1 Å². The van der Waals surface area contributed by atoms with Gasteiger partial charge in [0.15, 0.2) is 0 Å². The van der Waals surface area contributed by atoms with Crippen LogP contribution in [-0.4, -0.2) is 27.5 Å². The number of carbonyl (C=O) groups excluding carboxylic acids is 1. The van der Waals surface area contributed by atoms with Crippen LogP contribution in [0.4, 0.5) is 4.39 Å². The summed E-state index contributed by atoms with van der Waals surface area (Å²) in [4.78, 5) is 18.7. The van der Waals surface area contributed by atoms with Crippen molar-refractivity contribution in [1.82, 2.24) is 15.0 Å². The van der Waals surface area contributed by atoms with Gasteiger partial charge in [0.25, 0.3) is 0 Å². The molecule has 2 aromatic carbocycles. The Morgan fingerprint density at radius 2 is 1.96 bits per heavy atom. The van der Waals surface area contributed by atoms with Crippen LogP contribution >= 0.6 is 15.9 Å². The molecule has 1 fully saturated rings. The summed E-state index contributed by atoms with van der Waals surface area (Å²) in [7, 11) is 0. The number of rotatable bonds is 5. The van der Waals surface area contributed by atoms with Crippen molar-refractivity contribution in [3.63, 3.8) is 0 Å². The van der Waals surface area contributed by atoms with Gasteiger partial charge in [0.05, 0.1) is 10.4 Å². The lowest BCUT2D eigenvalue weighted by Gasteiger charge is -2.16. The zero-order valence-corrected chi connectivity index (χ0v) is 16.9. The molecular formula is C21H19BrFN3O2. The van der Waals surface area contributed by atoms with Crippen molar-refractivity contribution in [2.75, 3.05) is 6.54 Å². The topological polar surface area (TPSA) is 59.2 Å². The van der Waals surface area contributed by atoms with Gasteiger partial charge in [0.2, 0.25) is 17.6 Å². The third-order valence-electron chi connectivity index (χ3n) is 4.99. The molecule has 28 heavy (non-hydrogen) atoms. The maximum atomic E-state index is 13.4. The first-order valence-electron chi connectivity index (χ1n) is 9.18. The molecule has 1 saturated heterocycles. The predicted molar refractivity (Wildman–Crippen MR) is 106 cm³/mol. The predicted octanol–water partition coefficient (Wildman–Crippen LogP) is 4.72. The highest BCUT2D eigenvalue weighted by Crippen LogP contribution is 2.30. The summed E-state index contributed by atoms with van der Waals surface area (Å²) in [6, 6.07) is 12.9. The molecule has 1 atom stereocenters. The lowest BCUT2D eigenvalue weighted by molar-refractivity contribution is -0.128. The van der Waals surface area contributed by atoms with Gasteiger partial charge in [-0.2, -0.15) is 4.98 Å². The van der Waals surface area contributed by atoms with Crippen LogP contribution < -0.4 is 0 Å². The van der Waals surface area contributed by atoms with Gasteiger partial charge in [-0.25, -0.2) is 4.39 Å². The summed E-state index contributed by atoms with van der Waals surface area (Å²) >= 11 is 3.16. The Morgan fingerprint density at radius 1 is 1.21 bits per heavy atom. The van der Waals surface area contributed by atoms with E-state index in [9.17, 15) is 9.18 Å². The van der Waals surface area contributed by atoms with Gasteiger partial charge in [-0.15, -0.1) is 0 Å². The van der Waals surface area contributed by atoms with Gasteiger partial charge >= 0.3 is 0 Å². The molecule has 1 unspecified atom stereocenters. The smallest absolute Gasteiger partial charge is 0.232 e. The fraction of sp³-hybridized carbons (Fsp3) is 0.286. The van der Waals surface area contributed by atoms with E-state index in [2.05, 4.69) is 57.3 Å². The zero-order chi connectivity index (χ0) is 19.7. The van der Waals surface area contributed by atoms with Crippen molar-refractivity contribution in [3.8, 4) is 11.4 Å². The van der Waals surface area contributed by atoms with Gasteiger partial charge in [0, 0.05) is 25.1 Å². The van der Waals surface area contributed by atoms with E-state index in [1.165, 1.54) is 11.6 Å². The summed E-state index contributed by atoms with van der Waals surface area (Å²) in [6.45, 7) is 3.24. The molecule has 3 aromatic rings. The van der Waals surface area contributed by atoms with Crippen LogP contribution in [0.3, 0.4) is 0 Å². The van der Waals surface area contributed by atoms with Crippen LogP contribution in [0.2, 0.25) is 0 Å². The Kier molecular flexibility index (Phi) is 5.26. The van der Waals surface area contributed by atoms with Crippen molar-refractivity contribution in [2.24, 2.45) is 0 Å². The van der Waals surface area contributed by atoms with Crippen LogP contribution in [0.15, 0.2) is 51.5 Å². The van der Waals surface area contributed by atoms with E-state index in [0.29, 0.717) is 41.3 Å². The molecule has 7 heteroatoms. The average molecular weight is 444 g/mol. The standard InChI is InChI=1S/C21H19BrFN3O2/c1-2-13-3-5-14(6-4-13)11-26-12-16(10-19(26)27)21-24-20(25-28-21)15-7-8-18(23)17(22)9-15/h3-9,16H,2,10-12H2,1H3. The van der Waals surface area contributed by atoms with Crippen LogP contribution in [0, 0.1) is 5.82 Å². The fourth-order valence-corrected chi connectivity index (χ4v) is 3.72. The van der Waals surface area contributed by atoms with Crippen molar-refractivity contribution in [1.29, 1.82) is 0 Å². The van der Waals surface area contributed by atoms with Crippen molar-refractivity contribution >= 4 is 21.8 Å². The number of amides is 1. The maximum absolute atomic E-state index is 13.4. The van der Waals surface area contributed by atoms with Gasteiger partial charge < -0.3 is 9.42 Å². The SMILES string of the molecule is CCc1ccc(CN2CC(c3nc(-c4ccc(F)c(Br)c4)no3)CC2=O)cc1. The number of hydrogen-bond acceptors (Lipinski definition) is 4. The van der Waals surface area contributed by atoms with E-state index in [1.807, 2.05) is 4.90 Å². The number of hydrogen-bond donors (Lipinski definition) is 0. The van der Waals surface area contributed by atoms with Gasteiger partial charge in [-0.05, 0) is 51.7 Å².